The lowest BCUT2D eigenvalue weighted by Gasteiger charge is -2.40. The Morgan fingerprint density at radius 2 is 0.658 bits per heavy atom. The fourth-order valence-corrected chi connectivity index (χ4v) is 30.7. The van der Waals surface area contributed by atoms with Crippen molar-refractivity contribution in [1.82, 2.24) is 0 Å². The van der Waals surface area contributed by atoms with Gasteiger partial charge in [0.05, 0.1) is 94.2 Å². The summed E-state index contributed by atoms with van der Waals surface area (Å²) in [6, 6.07) is 0. The summed E-state index contributed by atoms with van der Waals surface area (Å²) in [7, 11) is 0. The van der Waals surface area contributed by atoms with Crippen LogP contribution in [0.1, 0.15) is 344 Å². The maximum atomic E-state index is 11.6. The van der Waals surface area contributed by atoms with Gasteiger partial charge in [0.2, 0.25) is 0 Å². The van der Waals surface area contributed by atoms with Crippen LogP contribution in [-0.2, 0) is 57.3 Å². The van der Waals surface area contributed by atoms with Crippen LogP contribution in [-0.4, -0.2) is 137 Å². The van der Waals surface area contributed by atoms with E-state index in [1.54, 1.807) is 6.92 Å². The van der Waals surface area contributed by atoms with E-state index in [1.807, 2.05) is 48.5 Å². The van der Waals surface area contributed by atoms with Gasteiger partial charge in [0.15, 0.2) is 0 Å². The molecular formula is C100H168O20. The third-order valence-electron chi connectivity index (χ3n) is 37.0. The molecule has 120 heavy (non-hydrogen) atoms. The van der Waals surface area contributed by atoms with E-state index < -0.39 is 69.4 Å². The van der Waals surface area contributed by atoms with Gasteiger partial charge in [0.1, 0.15) is 0 Å². The van der Waals surface area contributed by atoms with Crippen LogP contribution in [0.5, 0.6) is 0 Å². The van der Waals surface area contributed by atoms with Crippen LogP contribution in [0, 0.1) is 187 Å². The third kappa shape index (κ3) is 19.5. The van der Waals surface area contributed by atoms with Gasteiger partial charge in [-0.2, -0.15) is 0 Å². The summed E-state index contributed by atoms with van der Waals surface area (Å²) in [6.45, 7) is 42.2. The van der Waals surface area contributed by atoms with Crippen LogP contribution in [0.4, 0.5) is 0 Å². The first-order valence-electron chi connectivity index (χ1n) is 49.3. The maximum absolute atomic E-state index is 11.6. The average molecular weight is 1690 g/mol. The van der Waals surface area contributed by atoms with Gasteiger partial charge in [-0.25, -0.2) is 0 Å². The normalized spacial score (nSPS) is 46.4. The molecule has 0 aromatic rings. The molecule has 8 bridgehead atoms. The van der Waals surface area contributed by atoms with Crippen molar-refractivity contribution >= 4 is 47.8 Å². The molecule has 4 aliphatic heterocycles. The van der Waals surface area contributed by atoms with Crippen LogP contribution in [0.15, 0.2) is 0 Å². The predicted octanol–water partition coefficient (Wildman–Crippen LogP) is 21.9. The molecule has 0 amide bonds. The number of aliphatic carboxylic acids is 8. The largest absolute Gasteiger partial charge is 0.481 e. The minimum Gasteiger partial charge on any atom is -0.481 e. The molecule has 20 nitrogen and oxygen atoms in total. The molecule has 40 unspecified atom stereocenters. The summed E-state index contributed by atoms with van der Waals surface area (Å²) < 4.78 is 23.5. The number of fused-ring (bicyclic) bond motifs is 20. The average Bonchev–Trinajstić information content (AvgIpc) is 1.56. The number of carboxylic acids is 8. The van der Waals surface area contributed by atoms with Crippen molar-refractivity contribution in [2.45, 2.75) is 393 Å². The lowest BCUT2D eigenvalue weighted by molar-refractivity contribution is -0.154. The van der Waals surface area contributed by atoms with Crippen LogP contribution in [0.25, 0.3) is 0 Å². The van der Waals surface area contributed by atoms with Crippen molar-refractivity contribution in [2.75, 3.05) is 0 Å². The Morgan fingerprint density at radius 3 is 1.04 bits per heavy atom. The second-order valence-electron chi connectivity index (χ2n) is 42.2. The molecule has 688 valence electrons. The first kappa shape index (κ1) is 99.4. The van der Waals surface area contributed by atoms with Crippen LogP contribution in [0.2, 0.25) is 0 Å². The van der Waals surface area contributed by atoms with Gasteiger partial charge < -0.3 is 59.8 Å². The van der Waals surface area contributed by atoms with Gasteiger partial charge in [-0.15, -0.1) is 0 Å². The van der Waals surface area contributed by atoms with Gasteiger partial charge in [-0.05, 0) is 324 Å². The molecule has 16 fully saturated rings. The zero-order valence-corrected chi connectivity index (χ0v) is 77.9. The Bertz CT molecular complexity index is 3180. The van der Waals surface area contributed by atoms with E-state index in [-0.39, 0.29) is 48.1 Å². The van der Waals surface area contributed by atoms with Crippen molar-refractivity contribution in [3.63, 3.8) is 0 Å². The number of carboxylic acid groups (broad SMARTS) is 8. The molecule has 16 aliphatic rings. The molecule has 0 aromatic carbocycles. The highest BCUT2D eigenvalue weighted by Gasteiger charge is 2.69. The first-order chi connectivity index (χ1) is 56.8. The molecule has 16 rings (SSSR count). The summed E-state index contributed by atoms with van der Waals surface area (Å²) >= 11 is 0. The Balaban J connectivity index is 0.000000157. The monoisotopic (exact) mass is 1690 g/mol. The number of hydrogen-bond donors (Lipinski definition) is 8. The fraction of sp³-hybridized carbons (Fsp3) is 0.920. The summed E-state index contributed by atoms with van der Waals surface area (Å²) in [5.74, 6) is 10.1. The molecule has 0 spiro atoms. The minimum absolute atomic E-state index is 0.00842. The summed E-state index contributed by atoms with van der Waals surface area (Å²) in [5.41, 5.74) is -2.03. The van der Waals surface area contributed by atoms with Gasteiger partial charge in [-0.3, -0.25) is 38.4 Å². The smallest absolute Gasteiger partial charge is 0.312 e. The van der Waals surface area contributed by atoms with E-state index in [0.717, 1.165) is 195 Å². The van der Waals surface area contributed by atoms with E-state index >= 15 is 0 Å². The molecule has 40 atom stereocenters. The SMILES string of the molecule is CCC1CC(C(=O)O)C(CC)O1.CCC1CC(C)(C(=O)O)C(CC)O1.CCC1CC(CC)C(C(=O)O)C1.CCC1CC(CC)C(C)(C(=O)O)C1.CCC1CC(CC)C2C1C1CC2C(C)(C(=O)O)C1.CCC1CC(CC)C2C3CC(CC3C(=O)O)C12.CCC1OC(CC)C2C1C1CC2C(C)(C(=O)O)C1.CCC1OC(CC)C2C3CC(CC3C(=O)O)C12. The second kappa shape index (κ2) is 42.0. The summed E-state index contributed by atoms with van der Waals surface area (Å²) in [4.78, 5) is 89.7. The molecule has 0 radical (unpaired) electrons. The Morgan fingerprint density at radius 1 is 0.258 bits per heavy atom. The van der Waals surface area contributed by atoms with Gasteiger partial charge in [0, 0.05) is 0 Å². The third-order valence-corrected chi connectivity index (χ3v) is 37.0. The quantitative estimate of drug-likeness (QED) is 0.0445. The van der Waals surface area contributed by atoms with Gasteiger partial charge in [0.25, 0.3) is 0 Å². The molecule has 4 heterocycles. The highest BCUT2D eigenvalue weighted by atomic mass is 16.5. The highest BCUT2D eigenvalue weighted by molar-refractivity contribution is 5.77. The molecule has 4 saturated heterocycles. The number of ether oxygens (including phenoxy) is 4. The molecule has 12 saturated carbocycles. The Labute approximate surface area is 722 Å². The van der Waals surface area contributed by atoms with E-state index in [4.69, 9.17) is 34.3 Å². The van der Waals surface area contributed by atoms with Crippen molar-refractivity contribution < 1.29 is 98.2 Å². The van der Waals surface area contributed by atoms with Gasteiger partial charge >= 0.3 is 47.8 Å². The summed E-state index contributed by atoms with van der Waals surface area (Å²) in [5, 5.41) is 73.9. The van der Waals surface area contributed by atoms with E-state index in [1.165, 1.54) is 51.4 Å². The zero-order valence-electron chi connectivity index (χ0n) is 77.9. The predicted molar refractivity (Wildman–Crippen MR) is 464 cm³/mol. The zero-order chi connectivity index (χ0) is 88.9. The maximum Gasteiger partial charge on any atom is 0.312 e. The molecule has 0 aromatic heterocycles. The topological polar surface area (TPSA) is 335 Å². The highest BCUT2D eigenvalue weighted by Crippen LogP contribution is 2.71. The Kier molecular flexibility index (Phi) is 34.8. The van der Waals surface area contributed by atoms with E-state index in [0.29, 0.717) is 126 Å². The molecule has 8 N–H and O–H groups in total. The van der Waals surface area contributed by atoms with Crippen molar-refractivity contribution in [2.24, 2.45) is 187 Å². The molecule has 20 heteroatoms. The van der Waals surface area contributed by atoms with Crippen LogP contribution < -0.4 is 0 Å². The van der Waals surface area contributed by atoms with Crippen molar-refractivity contribution in [3.05, 3.63) is 0 Å². The lowest BCUT2D eigenvalue weighted by Crippen LogP contribution is -2.43. The first-order valence-corrected chi connectivity index (χ1v) is 49.3. The minimum atomic E-state index is -0.727. The van der Waals surface area contributed by atoms with Gasteiger partial charge in [-0.1, -0.05) is 162 Å². The fourth-order valence-electron chi connectivity index (χ4n) is 30.7. The second-order valence-corrected chi connectivity index (χ2v) is 42.2. The van der Waals surface area contributed by atoms with Crippen molar-refractivity contribution in [3.8, 4) is 0 Å². The number of carbonyl (C=O) groups is 8. The van der Waals surface area contributed by atoms with Crippen LogP contribution in [0.3, 0.4) is 0 Å². The van der Waals surface area contributed by atoms with Crippen molar-refractivity contribution in [1.29, 1.82) is 0 Å². The van der Waals surface area contributed by atoms with E-state index in [2.05, 4.69) is 83.1 Å². The molecular weight excluding hydrogens is 1520 g/mol. The lowest BCUT2D eigenvalue weighted by atomic mass is 9.63. The molecule has 12 aliphatic carbocycles. The number of hydrogen-bond acceptors (Lipinski definition) is 12. The van der Waals surface area contributed by atoms with E-state index in [9.17, 15) is 63.9 Å². The Hall–Kier alpha value is -4.40. The number of rotatable bonds is 24. The standard InChI is InChI=1S/C16H26O2.C15H24O3.C15H24O2.C14H22O3.C11H20O2.C10H18O3.C10H18O2.C9H16O3/c1-4-9-6-10(5-2)14-12-7-11(13(9)14)8-16(12,3)15(17)18;1-4-10-12-8-6-9(13(12)11(5-2)18-10)15(3,7-8)14(16)17;1-3-8-5-9(4-2)14-11-6-10(13(8)14)7-12(11)15(16)17;1-3-10-12-7-5-8(9(6-7)14(15)16)13(12)11(4-2)17-10;1-4-8-6-9(5-2)11(3,7-8)10(12)13;1-4-7-6-10(3,9(11)12)8(5-2)13-7;1-3-7-5-8(4-2)9(6-7)10(11)12;1-3-6-5-7(9(10)11)8(4-2)12-6/h9-14H,4-8H2,1-3H3,(H,17,18);8-13H,4-7H2,1-3H3,(H,16,17);8-14H,3-7H2,1-2H3,(H,16,17);7-13H,3-6H2,1-2H3,(H,15,16);8-9H,4-7H2,1-3H3,(H,12,13);7-8H,4-6H2,1-3H3,(H,11,12);7-9H,3-6H2,1-2H3,(H,11,12);6-8H,3-5H2,1-2H3,(H,10,11). The summed E-state index contributed by atoms with van der Waals surface area (Å²) in [6.07, 6.45) is 35.0. The van der Waals surface area contributed by atoms with Crippen LogP contribution >= 0.6 is 0 Å².